The minimum Gasteiger partial charge on any atom is -0.480 e. The molecule has 1 aromatic rings. The predicted octanol–water partition coefficient (Wildman–Crippen LogP) is 2.91. The lowest BCUT2D eigenvalue weighted by molar-refractivity contribution is -0.138. The largest absolute Gasteiger partial charge is 0.480 e. The van der Waals surface area contributed by atoms with Crippen molar-refractivity contribution in [1.82, 2.24) is 0 Å². The van der Waals surface area contributed by atoms with E-state index in [4.69, 9.17) is 10.8 Å². The number of carboxylic acid groups (broad SMARTS) is 1. The summed E-state index contributed by atoms with van der Waals surface area (Å²) in [7, 11) is 0. The van der Waals surface area contributed by atoms with Gasteiger partial charge in [-0.3, -0.25) is 4.79 Å². The summed E-state index contributed by atoms with van der Waals surface area (Å²) in [6.07, 6.45) is 2.19. The average molecular weight is 323 g/mol. The number of carbonyl (C=O) groups is 1. The van der Waals surface area contributed by atoms with Gasteiger partial charge in [-0.2, -0.15) is 0 Å². The second kappa shape index (κ2) is 7.69. The summed E-state index contributed by atoms with van der Waals surface area (Å²) in [5.74, 6) is -0.924. The molecule has 0 bridgehead atoms. The quantitative estimate of drug-likeness (QED) is 0.876. The monoisotopic (exact) mass is 321 g/mol. The van der Waals surface area contributed by atoms with Crippen LogP contribution in [0.5, 0.6) is 0 Å². The molecule has 1 unspecified atom stereocenters. The minimum atomic E-state index is -0.924. The first-order chi connectivity index (χ1) is 7.50. The van der Waals surface area contributed by atoms with Crippen molar-refractivity contribution in [3.63, 3.8) is 0 Å². The molecule has 0 fully saturated rings. The number of hydrogen-bond donors (Lipinski definition) is 2. The van der Waals surface area contributed by atoms with Crippen molar-refractivity contribution < 1.29 is 9.90 Å². The van der Waals surface area contributed by atoms with Crippen molar-refractivity contribution in [2.75, 3.05) is 0 Å². The van der Waals surface area contributed by atoms with Crippen molar-refractivity contribution in [2.45, 2.75) is 32.2 Å². The molecule has 17 heavy (non-hydrogen) atoms. The average Bonchev–Trinajstić information content (AvgIpc) is 2.23. The molecular weight excluding hydrogens is 305 g/mol. The summed E-state index contributed by atoms with van der Waals surface area (Å²) in [4.78, 5) is 10.5. The number of halogens is 2. The van der Waals surface area contributed by atoms with Gasteiger partial charge in [0.15, 0.2) is 0 Å². The Morgan fingerprint density at radius 2 is 2.18 bits per heavy atom. The molecule has 5 heteroatoms. The molecule has 0 aromatic heterocycles. The van der Waals surface area contributed by atoms with Gasteiger partial charge in [0.2, 0.25) is 0 Å². The molecule has 0 saturated heterocycles. The van der Waals surface area contributed by atoms with Gasteiger partial charge in [0.1, 0.15) is 6.04 Å². The van der Waals surface area contributed by atoms with Crippen LogP contribution in [-0.4, -0.2) is 17.1 Å². The maximum absolute atomic E-state index is 10.5. The van der Waals surface area contributed by atoms with Crippen LogP contribution in [0.1, 0.15) is 24.0 Å². The van der Waals surface area contributed by atoms with E-state index in [1.54, 1.807) is 0 Å². The standard InChI is InChI=1S/C12H16BrNO2.ClH/c1-8-7-9(5-6-10(8)13)3-2-4-11(14)12(15)16;/h5-7,11H,2-4,14H2,1H3,(H,15,16);1H. The Bertz CT molecular complexity index is 385. The van der Waals surface area contributed by atoms with E-state index in [1.165, 1.54) is 11.1 Å². The van der Waals surface area contributed by atoms with E-state index in [-0.39, 0.29) is 12.4 Å². The maximum atomic E-state index is 10.5. The van der Waals surface area contributed by atoms with Gasteiger partial charge in [0, 0.05) is 4.47 Å². The SMILES string of the molecule is Cc1cc(CCCC(N)C(=O)O)ccc1Br.Cl. The van der Waals surface area contributed by atoms with Crippen molar-refractivity contribution in [2.24, 2.45) is 5.73 Å². The van der Waals surface area contributed by atoms with Crippen LogP contribution < -0.4 is 5.73 Å². The van der Waals surface area contributed by atoms with E-state index in [2.05, 4.69) is 22.0 Å². The van der Waals surface area contributed by atoms with Crippen LogP contribution >= 0.6 is 28.3 Å². The van der Waals surface area contributed by atoms with Gasteiger partial charge in [-0.25, -0.2) is 0 Å². The topological polar surface area (TPSA) is 63.3 Å². The molecule has 0 radical (unpaired) electrons. The third-order valence-electron chi connectivity index (χ3n) is 2.52. The lowest BCUT2D eigenvalue weighted by Gasteiger charge is -2.07. The van der Waals surface area contributed by atoms with Crippen LogP contribution in [0.15, 0.2) is 22.7 Å². The fourth-order valence-corrected chi connectivity index (χ4v) is 1.76. The number of nitrogens with two attached hydrogens (primary N) is 1. The molecule has 96 valence electrons. The molecule has 0 spiro atoms. The van der Waals surface area contributed by atoms with Crippen LogP contribution in [-0.2, 0) is 11.2 Å². The number of rotatable bonds is 5. The van der Waals surface area contributed by atoms with E-state index in [1.807, 2.05) is 19.1 Å². The van der Waals surface area contributed by atoms with E-state index >= 15 is 0 Å². The molecular formula is C12H17BrClNO2. The first-order valence-corrected chi connectivity index (χ1v) is 6.03. The Hall–Kier alpha value is -0.580. The van der Waals surface area contributed by atoms with E-state index in [9.17, 15) is 4.79 Å². The molecule has 1 rings (SSSR count). The first kappa shape index (κ1) is 16.4. The maximum Gasteiger partial charge on any atom is 0.320 e. The fraction of sp³-hybridized carbons (Fsp3) is 0.417. The number of aliphatic carboxylic acids is 1. The lowest BCUT2D eigenvalue weighted by atomic mass is 10.0. The Morgan fingerprint density at radius 1 is 1.53 bits per heavy atom. The van der Waals surface area contributed by atoms with Crippen molar-refractivity contribution >= 4 is 34.3 Å². The van der Waals surface area contributed by atoms with Gasteiger partial charge in [-0.05, 0) is 43.4 Å². The van der Waals surface area contributed by atoms with Crippen molar-refractivity contribution in [3.8, 4) is 0 Å². The third-order valence-corrected chi connectivity index (χ3v) is 3.41. The van der Waals surface area contributed by atoms with Crippen LogP contribution in [0.2, 0.25) is 0 Å². The van der Waals surface area contributed by atoms with E-state index in [0.717, 1.165) is 17.3 Å². The molecule has 3 N–H and O–H groups in total. The summed E-state index contributed by atoms with van der Waals surface area (Å²) in [5, 5.41) is 8.63. The van der Waals surface area contributed by atoms with Gasteiger partial charge in [-0.1, -0.05) is 28.1 Å². The summed E-state index contributed by atoms with van der Waals surface area (Å²) >= 11 is 3.44. The van der Waals surface area contributed by atoms with E-state index in [0.29, 0.717) is 6.42 Å². The molecule has 0 heterocycles. The second-order valence-corrected chi connectivity index (χ2v) is 4.77. The van der Waals surface area contributed by atoms with E-state index < -0.39 is 12.0 Å². The van der Waals surface area contributed by atoms with Gasteiger partial charge in [0.25, 0.3) is 0 Å². The molecule has 0 saturated carbocycles. The number of aryl methyl sites for hydroxylation is 2. The zero-order chi connectivity index (χ0) is 12.1. The minimum absolute atomic E-state index is 0. The molecule has 0 aliphatic carbocycles. The Kier molecular flexibility index (Phi) is 7.43. The van der Waals surface area contributed by atoms with Gasteiger partial charge < -0.3 is 10.8 Å². The molecule has 1 atom stereocenters. The van der Waals surface area contributed by atoms with Crippen LogP contribution in [0.25, 0.3) is 0 Å². The predicted molar refractivity (Wildman–Crippen MR) is 74.7 cm³/mol. The summed E-state index contributed by atoms with van der Waals surface area (Å²) < 4.78 is 1.10. The molecule has 0 aliphatic heterocycles. The molecule has 3 nitrogen and oxygen atoms in total. The summed E-state index contributed by atoms with van der Waals surface area (Å²) in [6, 6.07) is 5.43. The highest BCUT2D eigenvalue weighted by molar-refractivity contribution is 9.10. The zero-order valence-electron chi connectivity index (χ0n) is 9.65. The lowest BCUT2D eigenvalue weighted by Crippen LogP contribution is -2.29. The van der Waals surface area contributed by atoms with Gasteiger partial charge >= 0.3 is 5.97 Å². The number of hydrogen-bond acceptors (Lipinski definition) is 2. The zero-order valence-corrected chi connectivity index (χ0v) is 12.1. The summed E-state index contributed by atoms with van der Waals surface area (Å²) in [6.45, 7) is 2.04. The third kappa shape index (κ3) is 5.52. The highest BCUT2D eigenvalue weighted by Gasteiger charge is 2.10. The van der Waals surface area contributed by atoms with Crippen molar-refractivity contribution in [3.05, 3.63) is 33.8 Å². The highest BCUT2D eigenvalue weighted by Crippen LogP contribution is 2.18. The van der Waals surface area contributed by atoms with Crippen LogP contribution in [0, 0.1) is 6.92 Å². The fourth-order valence-electron chi connectivity index (χ4n) is 1.51. The Balaban J connectivity index is 0.00000256. The Labute approximate surface area is 116 Å². The van der Waals surface area contributed by atoms with Gasteiger partial charge in [-0.15, -0.1) is 12.4 Å². The molecule has 0 aliphatic rings. The normalized spacial score (nSPS) is 11.7. The van der Waals surface area contributed by atoms with Gasteiger partial charge in [0.05, 0.1) is 0 Å². The summed E-state index contributed by atoms with van der Waals surface area (Å²) in [5.41, 5.74) is 7.84. The molecule has 0 amide bonds. The second-order valence-electron chi connectivity index (χ2n) is 3.92. The van der Waals surface area contributed by atoms with Crippen molar-refractivity contribution in [1.29, 1.82) is 0 Å². The highest BCUT2D eigenvalue weighted by atomic mass is 79.9. The Morgan fingerprint density at radius 3 is 2.71 bits per heavy atom. The first-order valence-electron chi connectivity index (χ1n) is 5.24. The van der Waals surface area contributed by atoms with Crippen LogP contribution in [0.3, 0.4) is 0 Å². The smallest absolute Gasteiger partial charge is 0.320 e. The number of carboxylic acids is 1. The molecule has 1 aromatic carbocycles. The number of benzene rings is 1. The van der Waals surface area contributed by atoms with Crippen LogP contribution in [0.4, 0.5) is 0 Å².